The second-order valence-electron chi connectivity index (χ2n) is 4.68. The van der Waals surface area contributed by atoms with Gasteiger partial charge in [0.15, 0.2) is 0 Å². The lowest BCUT2D eigenvalue weighted by Crippen LogP contribution is -2.46. The molecule has 7 heteroatoms. The molecule has 1 atom stereocenters. The van der Waals surface area contributed by atoms with Crippen LogP contribution in [0.2, 0.25) is 0 Å². The van der Waals surface area contributed by atoms with Crippen LogP contribution in [0.15, 0.2) is 24.3 Å². The molecule has 122 valence electrons. The Balaban J connectivity index is 2.86. The second kappa shape index (κ2) is 9.32. The minimum absolute atomic E-state index is 0.173. The predicted molar refractivity (Wildman–Crippen MR) is 90.8 cm³/mol. The van der Waals surface area contributed by atoms with Crippen LogP contribution < -0.4 is 16.4 Å². The Labute approximate surface area is 135 Å². The summed E-state index contributed by atoms with van der Waals surface area (Å²) in [4.78, 5) is 25.4. The first-order valence-corrected chi connectivity index (χ1v) is 8.22. The molecule has 0 saturated carbocycles. The van der Waals surface area contributed by atoms with Gasteiger partial charge in [-0.2, -0.15) is 11.8 Å². The molecular weight excluding hydrogens is 302 g/mol. The summed E-state index contributed by atoms with van der Waals surface area (Å²) in [5.41, 5.74) is 12.8. The first-order chi connectivity index (χ1) is 10.5. The van der Waals surface area contributed by atoms with Crippen molar-refractivity contribution in [2.75, 3.05) is 35.8 Å². The number of amides is 1. The van der Waals surface area contributed by atoms with Crippen molar-refractivity contribution in [1.82, 2.24) is 0 Å². The Morgan fingerprint density at radius 3 is 2.50 bits per heavy atom. The van der Waals surface area contributed by atoms with Gasteiger partial charge in [0.05, 0.1) is 13.2 Å². The van der Waals surface area contributed by atoms with E-state index in [-0.39, 0.29) is 12.5 Å². The van der Waals surface area contributed by atoms with Crippen molar-refractivity contribution in [1.29, 1.82) is 0 Å². The molecule has 0 unspecified atom stereocenters. The number of nitrogens with zero attached hydrogens (tertiary/aromatic N) is 1. The molecule has 1 aromatic rings. The van der Waals surface area contributed by atoms with Crippen LogP contribution in [0.3, 0.4) is 0 Å². The first kappa shape index (κ1) is 18.3. The molecule has 0 fully saturated rings. The zero-order valence-electron chi connectivity index (χ0n) is 13.0. The highest BCUT2D eigenvalue weighted by molar-refractivity contribution is 7.99. The van der Waals surface area contributed by atoms with Crippen LogP contribution in [-0.4, -0.2) is 43.1 Å². The number of rotatable bonds is 8. The molecule has 0 aliphatic heterocycles. The quantitative estimate of drug-likeness (QED) is 0.424. The van der Waals surface area contributed by atoms with E-state index in [1.54, 1.807) is 36.0 Å². The molecule has 0 bridgehead atoms. The number of carbonyl (C=O) groups is 2. The molecule has 0 radical (unpaired) electrons. The van der Waals surface area contributed by atoms with Crippen molar-refractivity contribution in [2.24, 2.45) is 5.73 Å². The van der Waals surface area contributed by atoms with Gasteiger partial charge in [0.25, 0.3) is 0 Å². The summed E-state index contributed by atoms with van der Waals surface area (Å²) in [5, 5.41) is 0. The van der Waals surface area contributed by atoms with Crippen LogP contribution in [-0.2, 0) is 14.3 Å². The average molecular weight is 325 g/mol. The van der Waals surface area contributed by atoms with Gasteiger partial charge in [-0.1, -0.05) is 6.92 Å². The fraction of sp³-hybridized carbons (Fsp3) is 0.467. The zero-order chi connectivity index (χ0) is 16.5. The highest BCUT2D eigenvalue weighted by atomic mass is 32.2. The molecule has 6 nitrogen and oxygen atoms in total. The Morgan fingerprint density at radius 2 is 1.95 bits per heavy atom. The maximum Gasteiger partial charge on any atom is 0.325 e. The number of methoxy groups -OCH3 is 1. The number of anilines is 2. The molecule has 0 aliphatic carbocycles. The number of nitrogens with two attached hydrogens (primary N) is 2. The summed E-state index contributed by atoms with van der Waals surface area (Å²) in [6.45, 7) is 1.88. The Hall–Kier alpha value is -1.73. The maximum atomic E-state index is 12.5. The van der Waals surface area contributed by atoms with E-state index in [2.05, 4.69) is 11.7 Å². The highest BCUT2D eigenvalue weighted by Gasteiger charge is 2.24. The van der Waals surface area contributed by atoms with Gasteiger partial charge >= 0.3 is 5.97 Å². The number of esters is 1. The van der Waals surface area contributed by atoms with Gasteiger partial charge in [0, 0.05) is 11.4 Å². The monoisotopic (exact) mass is 325 g/mol. The van der Waals surface area contributed by atoms with Gasteiger partial charge in [-0.3, -0.25) is 14.5 Å². The molecule has 0 heterocycles. The van der Waals surface area contributed by atoms with Crippen molar-refractivity contribution in [3.05, 3.63) is 24.3 Å². The fourth-order valence-corrected chi connectivity index (χ4v) is 2.53. The molecule has 4 N–H and O–H groups in total. The number of hydrogen-bond donors (Lipinski definition) is 2. The first-order valence-electron chi connectivity index (χ1n) is 7.06. The van der Waals surface area contributed by atoms with Gasteiger partial charge in [0.1, 0.15) is 6.54 Å². The summed E-state index contributed by atoms with van der Waals surface area (Å²) in [6.07, 6.45) is 0.560. The summed E-state index contributed by atoms with van der Waals surface area (Å²) in [5.74, 6) is 0.981. The van der Waals surface area contributed by atoms with Crippen LogP contribution in [0, 0.1) is 0 Å². The van der Waals surface area contributed by atoms with Crippen LogP contribution in [0.25, 0.3) is 0 Å². The van der Waals surface area contributed by atoms with E-state index in [1.165, 1.54) is 12.0 Å². The molecule has 0 aliphatic rings. The van der Waals surface area contributed by atoms with E-state index in [0.717, 1.165) is 11.5 Å². The Bertz CT molecular complexity index is 493. The largest absolute Gasteiger partial charge is 0.468 e. The van der Waals surface area contributed by atoms with E-state index in [1.807, 2.05) is 0 Å². The number of benzene rings is 1. The van der Waals surface area contributed by atoms with Crippen molar-refractivity contribution in [3.63, 3.8) is 0 Å². The maximum absolute atomic E-state index is 12.5. The lowest BCUT2D eigenvalue weighted by Gasteiger charge is -2.25. The van der Waals surface area contributed by atoms with Gasteiger partial charge < -0.3 is 16.2 Å². The van der Waals surface area contributed by atoms with Crippen molar-refractivity contribution < 1.29 is 14.3 Å². The topological polar surface area (TPSA) is 98.7 Å². The van der Waals surface area contributed by atoms with Gasteiger partial charge in [-0.15, -0.1) is 0 Å². The summed E-state index contributed by atoms with van der Waals surface area (Å²) < 4.78 is 4.65. The number of hydrogen-bond acceptors (Lipinski definition) is 6. The lowest BCUT2D eigenvalue weighted by atomic mass is 10.2. The molecule has 0 aromatic heterocycles. The van der Waals surface area contributed by atoms with E-state index in [0.29, 0.717) is 17.8 Å². The summed E-state index contributed by atoms with van der Waals surface area (Å²) in [6, 6.07) is 6.06. The van der Waals surface area contributed by atoms with E-state index in [4.69, 9.17) is 11.5 Å². The van der Waals surface area contributed by atoms with E-state index >= 15 is 0 Å². The molecule has 1 amide bonds. The average Bonchev–Trinajstić information content (AvgIpc) is 2.52. The van der Waals surface area contributed by atoms with Crippen molar-refractivity contribution in [3.8, 4) is 0 Å². The van der Waals surface area contributed by atoms with E-state index < -0.39 is 12.0 Å². The summed E-state index contributed by atoms with van der Waals surface area (Å²) >= 11 is 1.72. The lowest BCUT2D eigenvalue weighted by molar-refractivity contribution is -0.140. The number of thioether (sulfide) groups is 1. The van der Waals surface area contributed by atoms with Gasteiger partial charge in [0.2, 0.25) is 5.91 Å². The third kappa shape index (κ3) is 5.57. The van der Waals surface area contributed by atoms with Gasteiger partial charge in [-0.25, -0.2) is 0 Å². The third-order valence-electron chi connectivity index (χ3n) is 3.08. The Kier molecular flexibility index (Phi) is 7.76. The molecular formula is C15H23N3O3S. The molecule has 1 aromatic carbocycles. The summed E-state index contributed by atoms with van der Waals surface area (Å²) in [7, 11) is 1.28. The van der Waals surface area contributed by atoms with Crippen LogP contribution in [0.1, 0.15) is 13.3 Å². The van der Waals surface area contributed by atoms with Crippen molar-refractivity contribution in [2.45, 2.75) is 19.4 Å². The Morgan fingerprint density at radius 1 is 1.32 bits per heavy atom. The van der Waals surface area contributed by atoms with Crippen LogP contribution in [0.5, 0.6) is 0 Å². The normalized spacial score (nSPS) is 11.8. The fourth-order valence-electron chi connectivity index (χ4n) is 1.82. The van der Waals surface area contributed by atoms with Crippen LogP contribution in [0.4, 0.5) is 11.4 Å². The minimum atomic E-state index is -0.652. The molecule has 22 heavy (non-hydrogen) atoms. The molecule has 1 rings (SSSR count). The number of carbonyl (C=O) groups excluding carboxylic acids is 2. The standard InChI is InChI=1S/C15H23N3O3S/c1-3-22-9-8-13(17)15(20)18(10-14(19)21-2)12-6-4-11(16)5-7-12/h4-7,13H,3,8-10,16-17H2,1-2H3/t13-/m0/s1. The van der Waals surface area contributed by atoms with E-state index in [9.17, 15) is 9.59 Å². The minimum Gasteiger partial charge on any atom is -0.468 e. The smallest absolute Gasteiger partial charge is 0.325 e. The van der Waals surface area contributed by atoms with Crippen LogP contribution >= 0.6 is 11.8 Å². The molecule has 0 spiro atoms. The third-order valence-corrected chi connectivity index (χ3v) is 4.01. The SMILES string of the molecule is CCSCC[C@H](N)C(=O)N(CC(=O)OC)c1ccc(N)cc1. The number of nitrogen functional groups attached to an aromatic ring is 1. The number of ether oxygens (including phenoxy) is 1. The van der Waals surface area contributed by atoms with Crippen molar-refractivity contribution >= 4 is 35.0 Å². The predicted octanol–water partition coefficient (Wildman–Crippen LogP) is 1.25. The van der Waals surface area contributed by atoms with Gasteiger partial charge in [-0.05, 0) is 42.2 Å². The molecule has 0 saturated heterocycles. The zero-order valence-corrected chi connectivity index (χ0v) is 13.8. The highest BCUT2D eigenvalue weighted by Crippen LogP contribution is 2.18. The second-order valence-corrected chi connectivity index (χ2v) is 6.08.